The van der Waals surface area contributed by atoms with E-state index in [9.17, 15) is 9.59 Å². The van der Waals surface area contributed by atoms with Gasteiger partial charge in [-0.15, -0.1) is 11.3 Å². The van der Waals surface area contributed by atoms with Crippen LogP contribution >= 0.6 is 11.3 Å². The monoisotopic (exact) mass is 229 g/mol. The van der Waals surface area contributed by atoms with E-state index < -0.39 is 5.97 Å². The average molecular weight is 229 g/mol. The van der Waals surface area contributed by atoms with Gasteiger partial charge < -0.3 is 14.8 Å². The molecule has 0 saturated carbocycles. The molecule has 1 heterocycles. The summed E-state index contributed by atoms with van der Waals surface area (Å²) < 4.78 is 9.66. The maximum absolute atomic E-state index is 11.1. The van der Waals surface area contributed by atoms with Crippen LogP contribution in [0.4, 0.5) is 0 Å². The number of carbonyl (C=O) groups is 2. The molecule has 1 N–H and O–H groups in total. The normalized spacial score (nSPS) is 9.47. The number of methoxy groups -OCH3 is 1. The van der Waals surface area contributed by atoms with E-state index in [2.05, 4.69) is 10.1 Å². The Morgan fingerprint density at radius 1 is 1.53 bits per heavy atom. The minimum atomic E-state index is -0.408. The molecular formula is C9H11NO4S. The largest absolute Gasteiger partial charge is 0.483 e. The van der Waals surface area contributed by atoms with Crippen molar-refractivity contribution in [2.75, 3.05) is 20.8 Å². The summed E-state index contributed by atoms with van der Waals surface area (Å²) in [5.41, 5.74) is 0. The molecule has 15 heavy (non-hydrogen) atoms. The lowest BCUT2D eigenvalue weighted by Crippen LogP contribution is -2.24. The second kappa shape index (κ2) is 5.35. The summed E-state index contributed by atoms with van der Waals surface area (Å²) in [7, 11) is 2.84. The maximum Gasteiger partial charge on any atom is 0.348 e. The Labute approximate surface area is 91.0 Å². The standard InChI is InChI=1S/C9H11NO4S/c1-10-8(11)4-14-6-3-7(15-5-6)9(12)13-2/h3,5H,4H2,1-2H3,(H,10,11). The van der Waals surface area contributed by atoms with E-state index >= 15 is 0 Å². The summed E-state index contributed by atoms with van der Waals surface area (Å²) in [6.07, 6.45) is 0. The molecule has 82 valence electrons. The molecule has 0 unspecified atom stereocenters. The Balaban J connectivity index is 2.53. The first-order chi connectivity index (χ1) is 7.17. The zero-order chi connectivity index (χ0) is 11.3. The second-order valence-corrected chi connectivity index (χ2v) is 3.51. The van der Waals surface area contributed by atoms with E-state index in [1.165, 1.54) is 25.5 Å². The van der Waals surface area contributed by atoms with Crippen LogP contribution in [0, 0.1) is 0 Å². The van der Waals surface area contributed by atoms with E-state index in [1.54, 1.807) is 11.4 Å². The van der Waals surface area contributed by atoms with Crippen molar-refractivity contribution in [3.8, 4) is 5.75 Å². The first-order valence-electron chi connectivity index (χ1n) is 4.17. The number of hydrogen-bond acceptors (Lipinski definition) is 5. The van der Waals surface area contributed by atoms with Crippen LogP contribution in [0.2, 0.25) is 0 Å². The zero-order valence-corrected chi connectivity index (χ0v) is 9.22. The highest BCUT2D eigenvalue weighted by Crippen LogP contribution is 2.21. The summed E-state index contributed by atoms with van der Waals surface area (Å²) in [5.74, 6) is -0.139. The SMILES string of the molecule is CNC(=O)COc1csc(C(=O)OC)c1. The molecule has 1 aromatic heterocycles. The van der Waals surface area contributed by atoms with Crippen LogP contribution < -0.4 is 10.1 Å². The lowest BCUT2D eigenvalue weighted by Gasteiger charge is -2.01. The molecule has 0 aliphatic heterocycles. The zero-order valence-electron chi connectivity index (χ0n) is 8.40. The Morgan fingerprint density at radius 3 is 2.87 bits per heavy atom. The lowest BCUT2D eigenvalue weighted by molar-refractivity contribution is -0.122. The number of amides is 1. The molecule has 0 aliphatic carbocycles. The number of esters is 1. The van der Waals surface area contributed by atoms with Crippen molar-refractivity contribution in [2.24, 2.45) is 0 Å². The van der Waals surface area contributed by atoms with E-state index in [0.717, 1.165) is 0 Å². The predicted octanol–water partition coefficient (Wildman–Crippen LogP) is 0.659. The number of rotatable bonds is 4. The summed E-state index contributed by atoms with van der Waals surface area (Å²) >= 11 is 1.21. The average Bonchev–Trinajstić information content (AvgIpc) is 2.73. The molecule has 1 aromatic rings. The molecule has 0 spiro atoms. The number of ether oxygens (including phenoxy) is 2. The highest BCUT2D eigenvalue weighted by atomic mass is 32.1. The summed E-state index contributed by atoms with van der Waals surface area (Å²) in [4.78, 5) is 22.4. The molecule has 0 aliphatic rings. The minimum Gasteiger partial charge on any atom is -0.483 e. The van der Waals surface area contributed by atoms with Gasteiger partial charge >= 0.3 is 5.97 Å². The predicted molar refractivity (Wildman–Crippen MR) is 55.2 cm³/mol. The van der Waals surface area contributed by atoms with Crippen molar-refractivity contribution in [2.45, 2.75) is 0 Å². The van der Waals surface area contributed by atoms with Crippen LogP contribution in [0.5, 0.6) is 5.75 Å². The van der Waals surface area contributed by atoms with Gasteiger partial charge in [-0.1, -0.05) is 0 Å². The third kappa shape index (κ3) is 3.25. The van der Waals surface area contributed by atoms with Gasteiger partial charge in [0.2, 0.25) is 0 Å². The van der Waals surface area contributed by atoms with Gasteiger partial charge in [-0.2, -0.15) is 0 Å². The fraction of sp³-hybridized carbons (Fsp3) is 0.333. The van der Waals surface area contributed by atoms with Gasteiger partial charge in [0.05, 0.1) is 7.11 Å². The second-order valence-electron chi connectivity index (χ2n) is 2.60. The highest BCUT2D eigenvalue weighted by molar-refractivity contribution is 7.12. The third-order valence-corrected chi connectivity index (χ3v) is 2.50. The molecule has 0 atom stereocenters. The van der Waals surface area contributed by atoms with Gasteiger partial charge in [0.25, 0.3) is 5.91 Å². The van der Waals surface area contributed by atoms with Gasteiger partial charge in [0, 0.05) is 18.5 Å². The van der Waals surface area contributed by atoms with Crippen LogP contribution in [0.15, 0.2) is 11.4 Å². The van der Waals surface area contributed by atoms with Crippen LogP contribution in [0.3, 0.4) is 0 Å². The number of nitrogens with one attached hydrogen (secondary N) is 1. The Morgan fingerprint density at radius 2 is 2.27 bits per heavy atom. The fourth-order valence-corrected chi connectivity index (χ4v) is 1.57. The van der Waals surface area contributed by atoms with Gasteiger partial charge in [-0.05, 0) is 0 Å². The summed E-state index contributed by atoms with van der Waals surface area (Å²) in [5, 5.41) is 4.07. The number of thiophene rings is 1. The molecule has 0 radical (unpaired) electrons. The summed E-state index contributed by atoms with van der Waals surface area (Å²) in [6.45, 7) is -0.0617. The quantitative estimate of drug-likeness (QED) is 0.770. The van der Waals surface area contributed by atoms with Crippen molar-refractivity contribution in [3.63, 3.8) is 0 Å². The lowest BCUT2D eigenvalue weighted by atomic mass is 10.4. The summed E-state index contributed by atoms with van der Waals surface area (Å²) in [6, 6.07) is 1.54. The number of likely N-dealkylation sites (N-methyl/N-ethyl adjacent to an activating group) is 1. The van der Waals surface area contributed by atoms with Crippen molar-refractivity contribution in [1.82, 2.24) is 5.32 Å². The first-order valence-corrected chi connectivity index (χ1v) is 5.05. The molecule has 5 nitrogen and oxygen atoms in total. The third-order valence-electron chi connectivity index (χ3n) is 1.61. The molecule has 0 saturated heterocycles. The Bertz CT molecular complexity index is 361. The van der Waals surface area contributed by atoms with Crippen LogP contribution in [-0.2, 0) is 9.53 Å². The fourth-order valence-electron chi connectivity index (χ4n) is 0.823. The number of carbonyl (C=O) groups excluding carboxylic acids is 2. The highest BCUT2D eigenvalue weighted by Gasteiger charge is 2.10. The minimum absolute atomic E-state index is 0.0617. The van der Waals surface area contributed by atoms with E-state index in [1.807, 2.05) is 0 Å². The number of hydrogen-bond donors (Lipinski definition) is 1. The topological polar surface area (TPSA) is 64.6 Å². The maximum atomic E-state index is 11.1. The Kier molecular flexibility index (Phi) is 4.11. The molecule has 0 fully saturated rings. The molecular weight excluding hydrogens is 218 g/mol. The first kappa shape index (κ1) is 11.5. The van der Waals surface area contributed by atoms with Crippen molar-refractivity contribution in [1.29, 1.82) is 0 Å². The molecule has 1 amide bonds. The molecule has 0 aromatic carbocycles. The van der Waals surface area contributed by atoms with Crippen LogP contribution in [-0.4, -0.2) is 32.6 Å². The van der Waals surface area contributed by atoms with Gasteiger partial charge in [-0.25, -0.2) is 4.79 Å². The van der Waals surface area contributed by atoms with Crippen molar-refractivity contribution >= 4 is 23.2 Å². The molecule has 6 heteroatoms. The van der Waals surface area contributed by atoms with Gasteiger partial charge in [0.15, 0.2) is 6.61 Å². The van der Waals surface area contributed by atoms with Gasteiger partial charge in [0.1, 0.15) is 10.6 Å². The van der Waals surface area contributed by atoms with E-state index in [4.69, 9.17) is 4.74 Å². The van der Waals surface area contributed by atoms with Crippen molar-refractivity contribution < 1.29 is 19.1 Å². The Hall–Kier alpha value is -1.56. The molecule has 0 bridgehead atoms. The van der Waals surface area contributed by atoms with Gasteiger partial charge in [-0.3, -0.25) is 4.79 Å². The van der Waals surface area contributed by atoms with E-state index in [-0.39, 0.29) is 12.5 Å². The molecule has 1 rings (SSSR count). The van der Waals surface area contributed by atoms with Crippen LogP contribution in [0.25, 0.3) is 0 Å². The van der Waals surface area contributed by atoms with Crippen molar-refractivity contribution in [3.05, 3.63) is 16.3 Å². The van der Waals surface area contributed by atoms with Crippen LogP contribution in [0.1, 0.15) is 9.67 Å². The van der Waals surface area contributed by atoms with E-state index in [0.29, 0.717) is 10.6 Å². The smallest absolute Gasteiger partial charge is 0.348 e.